The van der Waals surface area contributed by atoms with Crippen molar-refractivity contribution in [3.05, 3.63) is 41.0 Å². The summed E-state index contributed by atoms with van der Waals surface area (Å²) in [6.45, 7) is 1.17. The molecule has 2 amide bonds. The van der Waals surface area contributed by atoms with Crippen molar-refractivity contribution in [2.45, 2.75) is 0 Å². The third-order valence-electron chi connectivity index (χ3n) is 3.66. The summed E-state index contributed by atoms with van der Waals surface area (Å²) < 4.78 is 0. The van der Waals surface area contributed by atoms with Crippen LogP contribution in [0.2, 0.25) is 5.15 Å². The van der Waals surface area contributed by atoms with Crippen molar-refractivity contribution in [1.82, 2.24) is 14.8 Å². The molecule has 1 aromatic heterocycles. The molecule has 6 heteroatoms. The lowest BCUT2D eigenvalue weighted by atomic mass is 10.1. The number of carbonyl (C=O) groups is 2. The first-order valence-corrected chi connectivity index (χ1v) is 7.02. The van der Waals surface area contributed by atoms with Gasteiger partial charge in [-0.3, -0.25) is 9.59 Å². The number of amides is 2. The molecule has 3 rings (SSSR count). The van der Waals surface area contributed by atoms with E-state index in [-0.39, 0.29) is 23.5 Å². The highest BCUT2D eigenvalue weighted by molar-refractivity contribution is 6.30. The summed E-state index contributed by atoms with van der Waals surface area (Å²) in [5, 5.41) is 1.02. The molecule has 1 saturated heterocycles. The number of nitrogens with zero attached hydrogens (tertiary/aromatic N) is 3. The summed E-state index contributed by atoms with van der Waals surface area (Å²) >= 11 is 6.00. The number of hydrogen-bond acceptors (Lipinski definition) is 3. The molecule has 0 atom stereocenters. The van der Waals surface area contributed by atoms with Crippen LogP contribution in [0.1, 0.15) is 10.4 Å². The number of aromatic nitrogens is 1. The van der Waals surface area contributed by atoms with Gasteiger partial charge in [0.25, 0.3) is 5.91 Å². The minimum atomic E-state index is -0.183. The van der Waals surface area contributed by atoms with Gasteiger partial charge in [-0.1, -0.05) is 29.8 Å². The zero-order valence-corrected chi connectivity index (χ0v) is 12.3. The van der Waals surface area contributed by atoms with Gasteiger partial charge in [0.2, 0.25) is 5.91 Å². The fourth-order valence-electron chi connectivity index (χ4n) is 2.42. The molecule has 1 aromatic carbocycles. The maximum Gasteiger partial charge on any atom is 0.255 e. The third kappa shape index (κ3) is 2.56. The number of piperazine rings is 1. The van der Waals surface area contributed by atoms with Crippen molar-refractivity contribution in [1.29, 1.82) is 0 Å². The van der Waals surface area contributed by atoms with E-state index in [0.717, 1.165) is 5.39 Å². The molecule has 21 heavy (non-hydrogen) atoms. The molecule has 1 aliphatic rings. The van der Waals surface area contributed by atoms with Crippen LogP contribution in [0.5, 0.6) is 0 Å². The van der Waals surface area contributed by atoms with Crippen molar-refractivity contribution in [3.8, 4) is 0 Å². The van der Waals surface area contributed by atoms with Gasteiger partial charge in [-0.15, -0.1) is 0 Å². The van der Waals surface area contributed by atoms with E-state index in [4.69, 9.17) is 11.6 Å². The topological polar surface area (TPSA) is 53.5 Å². The van der Waals surface area contributed by atoms with E-state index in [1.165, 1.54) is 0 Å². The minimum Gasteiger partial charge on any atom is -0.342 e. The van der Waals surface area contributed by atoms with E-state index in [9.17, 15) is 9.59 Å². The number of halogens is 1. The lowest BCUT2D eigenvalue weighted by molar-refractivity contribution is -0.133. The van der Waals surface area contributed by atoms with Gasteiger partial charge in [0.05, 0.1) is 11.1 Å². The van der Waals surface area contributed by atoms with E-state index in [1.54, 1.807) is 22.9 Å². The lowest BCUT2D eigenvalue weighted by Gasteiger charge is -2.32. The molecule has 2 heterocycles. The second-order valence-electron chi connectivity index (χ2n) is 5.05. The second-order valence-corrected chi connectivity index (χ2v) is 5.44. The number of carbonyl (C=O) groups excluding carboxylic acids is 2. The van der Waals surface area contributed by atoms with Gasteiger partial charge in [-0.25, -0.2) is 4.98 Å². The minimum absolute atomic E-state index is 0.0564. The first-order valence-electron chi connectivity index (χ1n) is 6.65. The number of para-hydroxylation sites is 1. The van der Waals surface area contributed by atoms with E-state index in [0.29, 0.717) is 24.2 Å². The smallest absolute Gasteiger partial charge is 0.255 e. The molecule has 0 bridgehead atoms. The van der Waals surface area contributed by atoms with Crippen LogP contribution in [0.3, 0.4) is 0 Å². The van der Waals surface area contributed by atoms with E-state index in [2.05, 4.69) is 4.98 Å². The molecule has 1 aliphatic heterocycles. The normalized spacial score (nSPS) is 15.6. The Bertz CT molecular complexity index is 732. The monoisotopic (exact) mass is 303 g/mol. The summed E-state index contributed by atoms with van der Waals surface area (Å²) in [5.74, 6) is -0.240. The Morgan fingerprint density at radius 3 is 2.81 bits per heavy atom. The Balaban J connectivity index is 2.00. The van der Waals surface area contributed by atoms with Crippen molar-refractivity contribution in [2.75, 3.05) is 26.7 Å². The molecule has 0 spiro atoms. The van der Waals surface area contributed by atoms with Crippen LogP contribution < -0.4 is 0 Å². The van der Waals surface area contributed by atoms with Crippen LogP contribution in [0, 0.1) is 0 Å². The number of likely N-dealkylation sites (N-methyl/N-ethyl adjacent to an activating group) is 1. The third-order valence-corrected chi connectivity index (χ3v) is 3.85. The second kappa shape index (κ2) is 5.33. The van der Waals surface area contributed by atoms with Crippen LogP contribution in [-0.4, -0.2) is 53.3 Å². The molecule has 5 nitrogen and oxygen atoms in total. The van der Waals surface area contributed by atoms with Crippen molar-refractivity contribution < 1.29 is 9.59 Å². The highest BCUT2D eigenvalue weighted by atomic mass is 35.5. The molecule has 1 fully saturated rings. The molecular formula is C15H14ClN3O2. The van der Waals surface area contributed by atoms with Crippen LogP contribution in [0.15, 0.2) is 30.3 Å². The average molecular weight is 304 g/mol. The molecule has 0 unspecified atom stereocenters. The lowest BCUT2D eigenvalue weighted by Crippen LogP contribution is -2.50. The predicted octanol–water partition coefficient (Wildman–Crippen LogP) is 1.80. The van der Waals surface area contributed by atoms with Gasteiger partial charge in [0.1, 0.15) is 11.7 Å². The van der Waals surface area contributed by atoms with E-state index < -0.39 is 0 Å². The highest BCUT2D eigenvalue weighted by Crippen LogP contribution is 2.22. The van der Waals surface area contributed by atoms with Crippen LogP contribution >= 0.6 is 11.6 Å². The summed E-state index contributed by atoms with van der Waals surface area (Å²) in [5.41, 5.74) is 1.16. The Kier molecular flexibility index (Phi) is 3.51. The van der Waals surface area contributed by atoms with Gasteiger partial charge in [-0.05, 0) is 12.1 Å². The zero-order chi connectivity index (χ0) is 15.0. The van der Waals surface area contributed by atoms with Crippen molar-refractivity contribution in [3.63, 3.8) is 0 Å². The standard InChI is InChI=1S/C15H14ClN3O2/c1-18-6-7-19(9-14(18)20)15(21)11-8-13(16)17-12-5-3-2-4-10(11)12/h2-5,8H,6-7,9H2,1H3. The number of fused-ring (bicyclic) bond motifs is 1. The van der Waals surface area contributed by atoms with Crippen molar-refractivity contribution in [2.24, 2.45) is 0 Å². The quantitative estimate of drug-likeness (QED) is 0.755. The zero-order valence-electron chi connectivity index (χ0n) is 11.5. The number of benzene rings is 1. The number of hydrogen-bond donors (Lipinski definition) is 0. The molecule has 0 aliphatic carbocycles. The average Bonchev–Trinajstić information content (AvgIpc) is 2.48. The maximum atomic E-state index is 12.7. The fourth-order valence-corrected chi connectivity index (χ4v) is 2.62. The number of pyridine rings is 1. The van der Waals surface area contributed by atoms with Gasteiger partial charge >= 0.3 is 0 Å². The highest BCUT2D eigenvalue weighted by Gasteiger charge is 2.26. The Morgan fingerprint density at radius 1 is 1.29 bits per heavy atom. The molecule has 2 aromatic rings. The van der Waals surface area contributed by atoms with Gasteiger partial charge in [0.15, 0.2) is 0 Å². The van der Waals surface area contributed by atoms with Crippen LogP contribution in [0.25, 0.3) is 10.9 Å². The van der Waals surface area contributed by atoms with Gasteiger partial charge in [0, 0.05) is 25.5 Å². The molecular weight excluding hydrogens is 290 g/mol. The predicted molar refractivity (Wildman–Crippen MR) is 80.3 cm³/mol. The SMILES string of the molecule is CN1CCN(C(=O)c2cc(Cl)nc3ccccc23)CC1=O. The fraction of sp³-hybridized carbons (Fsp3) is 0.267. The maximum absolute atomic E-state index is 12.7. The van der Waals surface area contributed by atoms with Crippen molar-refractivity contribution >= 4 is 34.3 Å². The summed E-state index contributed by atoms with van der Waals surface area (Å²) in [6, 6.07) is 8.91. The Morgan fingerprint density at radius 2 is 2.05 bits per heavy atom. The first-order chi connectivity index (χ1) is 10.1. The number of rotatable bonds is 1. The summed E-state index contributed by atoms with van der Waals surface area (Å²) in [6.07, 6.45) is 0. The van der Waals surface area contributed by atoms with Crippen LogP contribution in [0.4, 0.5) is 0 Å². The van der Waals surface area contributed by atoms with Gasteiger partial charge < -0.3 is 9.80 Å². The van der Waals surface area contributed by atoms with E-state index >= 15 is 0 Å². The van der Waals surface area contributed by atoms with E-state index in [1.807, 2.05) is 24.3 Å². The summed E-state index contributed by atoms with van der Waals surface area (Å²) in [4.78, 5) is 31.8. The Labute approximate surface area is 127 Å². The van der Waals surface area contributed by atoms with Gasteiger partial charge in [-0.2, -0.15) is 0 Å². The summed E-state index contributed by atoms with van der Waals surface area (Å²) in [7, 11) is 1.74. The Hall–Kier alpha value is -2.14. The molecule has 0 saturated carbocycles. The molecule has 0 N–H and O–H groups in total. The molecule has 0 radical (unpaired) electrons. The first kappa shape index (κ1) is 13.8. The van der Waals surface area contributed by atoms with Crippen LogP contribution in [-0.2, 0) is 4.79 Å². The largest absolute Gasteiger partial charge is 0.342 e. The molecule has 108 valence electrons.